The first-order valence-corrected chi connectivity index (χ1v) is 15.7. The minimum Gasteiger partial charge on any atom is -0.456 e. The largest absolute Gasteiger partial charge is 0.456 e. The molecular weight excluding hydrogens is 430 g/mol. The van der Waals surface area contributed by atoms with E-state index >= 15 is 0 Å². The van der Waals surface area contributed by atoms with Crippen molar-refractivity contribution in [2.75, 3.05) is 0 Å². The highest BCUT2D eigenvalue weighted by Crippen LogP contribution is 2.51. The van der Waals surface area contributed by atoms with Gasteiger partial charge in [-0.05, 0) is 57.0 Å². The summed E-state index contributed by atoms with van der Waals surface area (Å²) >= 11 is 0. The lowest BCUT2D eigenvalue weighted by Crippen LogP contribution is -2.37. The molecule has 0 N–H and O–H groups in total. The summed E-state index contributed by atoms with van der Waals surface area (Å²) in [5.41, 5.74) is 3.55. The van der Waals surface area contributed by atoms with Crippen molar-refractivity contribution in [3.05, 3.63) is 72.4 Å². The maximum Gasteiger partial charge on any atom is 0.140 e. The third kappa shape index (κ3) is 3.33. The fraction of sp³-hybridized carbons (Fsp3) is 0.258. The Morgan fingerprint density at radius 3 is 2.38 bits per heavy atom. The van der Waals surface area contributed by atoms with Gasteiger partial charge in [0.15, 0.2) is 0 Å². The van der Waals surface area contributed by atoms with Crippen LogP contribution in [-0.4, -0.2) is 13.1 Å². The maximum atomic E-state index is 6.84. The Hall–Kier alpha value is -3.17. The molecule has 0 atom stereocenters. The van der Waals surface area contributed by atoms with Gasteiger partial charge in [0.05, 0.1) is 19.2 Å². The molecule has 0 bridgehead atoms. The molecule has 0 spiro atoms. The van der Waals surface area contributed by atoms with Crippen molar-refractivity contribution in [3.63, 3.8) is 0 Å². The lowest BCUT2D eigenvalue weighted by Gasteiger charge is -2.28. The van der Waals surface area contributed by atoms with E-state index in [-0.39, 0.29) is 5.41 Å². The molecule has 0 saturated carbocycles. The SMILES string of the molecule is CC(C)(C)Cc1c2c(cc3ccccc13)-c1nccc3c1c(cc1cc([Si](C)(C)C)ccc13)O2. The molecule has 0 radical (unpaired) electrons. The Bertz CT molecular complexity index is 1620. The lowest BCUT2D eigenvalue weighted by atomic mass is 9.83. The predicted octanol–water partition coefficient (Wildman–Crippen LogP) is 8.45. The summed E-state index contributed by atoms with van der Waals surface area (Å²) < 4.78 is 6.84. The molecule has 3 heteroatoms. The zero-order chi connectivity index (χ0) is 23.8. The first kappa shape index (κ1) is 21.4. The molecule has 5 aromatic rings. The number of fused-ring (bicyclic) bond motifs is 5. The number of nitrogens with zero attached hydrogens (tertiary/aromatic N) is 1. The van der Waals surface area contributed by atoms with Crippen molar-refractivity contribution in [1.29, 1.82) is 0 Å². The summed E-state index contributed by atoms with van der Waals surface area (Å²) in [6.07, 6.45) is 2.90. The van der Waals surface area contributed by atoms with E-state index in [1.54, 1.807) is 0 Å². The molecule has 1 aromatic heterocycles. The standard InChI is InChI=1S/C31H31NOSi/c1-31(2,3)18-26-22-10-8-7-9-19(22)16-25-29-28-24(13-14-32-29)23-12-11-21(34(4,5)6)15-20(23)17-27(28)33-30(25)26/h7-17H,18H2,1-6H3. The van der Waals surface area contributed by atoms with Crippen LogP contribution in [0.2, 0.25) is 19.6 Å². The van der Waals surface area contributed by atoms with Crippen LogP contribution in [-0.2, 0) is 6.42 Å². The molecule has 0 unspecified atom stereocenters. The van der Waals surface area contributed by atoms with Crippen LogP contribution in [0.15, 0.2) is 66.9 Å². The fourth-order valence-corrected chi connectivity index (χ4v) is 6.51. The van der Waals surface area contributed by atoms with Gasteiger partial charge in [-0.1, -0.05) is 88.1 Å². The lowest BCUT2D eigenvalue weighted by molar-refractivity contribution is 0.400. The van der Waals surface area contributed by atoms with Crippen LogP contribution in [0.25, 0.3) is 43.6 Å². The van der Waals surface area contributed by atoms with Crippen LogP contribution < -0.4 is 9.92 Å². The molecule has 1 aliphatic heterocycles. The van der Waals surface area contributed by atoms with Crippen molar-refractivity contribution in [3.8, 4) is 22.8 Å². The topological polar surface area (TPSA) is 22.1 Å². The number of ether oxygens (including phenoxy) is 1. The number of aromatic nitrogens is 1. The number of hydrogen-bond acceptors (Lipinski definition) is 2. The molecular formula is C31H31NOSi. The highest BCUT2D eigenvalue weighted by Gasteiger charge is 2.28. The Morgan fingerprint density at radius 1 is 0.824 bits per heavy atom. The van der Waals surface area contributed by atoms with Crippen LogP contribution in [0.1, 0.15) is 26.3 Å². The van der Waals surface area contributed by atoms with E-state index < -0.39 is 8.07 Å². The number of benzene rings is 4. The minimum absolute atomic E-state index is 0.136. The first-order valence-electron chi connectivity index (χ1n) is 12.2. The molecule has 0 aliphatic carbocycles. The van der Waals surface area contributed by atoms with Gasteiger partial charge in [0.25, 0.3) is 0 Å². The third-order valence-corrected chi connectivity index (χ3v) is 9.01. The highest BCUT2D eigenvalue weighted by molar-refractivity contribution is 6.88. The van der Waals surface area contributed by atoms with E-state index in [1.165, 1.54) is 37.7 Å². The van der Waals surface area contributed by atoms with E-state index in [0.717, 1.165) is 34.6 Å². The molecule has 0 fully saturated rings. The first-order chi connectivity index (χ1) is 16.1. The van der Waals surface area contributed by atoms with Gasteiger partial charge in [-0.2, -0.15) is 0 Å². The van der Waals surface area contributed by atoms with Gasteiger partial charge in [0.1, 0.15) is 11.5 Å². The second kappa shape index (κ2) is 7.16. The van der Waals surface area contributed by atoms with Crippen LogP contribution in [0, 0.1) is 5.41 Å². The van der Waals surface area contributed by atoms with Gasteiger partial charge >= 0.3 is 0 Å². The average Bonchev–Trinajstić information content (AvgIpc) is 2.78. The zero-order valence-electron chi connectivity index (χ0n) is 20.9. The van der Waals surface area contributed by atoms with Gasteiger partial charge in [-0.15, -0.1) is 0 Å². The van der Waals surface area contributed by atoms with E-state index in [1.807, 2.05) is 6.20 Å². The summed E-state index contributed by atoms with van der Waals surface area (Å²) in [6, 6.07) is 22.3. The predicted molar refractivity (Wildman–Crippen MR) is 148 cm³/mol. The summed E-state index contributed by atoms with van der Waals surface area (Å²) in [7, 11) is -1.42. The van der Waals surface area contributed by atoms with Crippen LogP contribution in [0.4, 0.5) is 0 Å². The molecule has 1 aliphatic rings. The van der Waals surface area contributed by atoms with Crippen molar-refractivity contribution >= 4 is 45.6 Å². The third-order valence-electron chi connectivity index (χ3n) is 6.97. The quantitative estimate of drug-likeness (QED) is 0.191. The number of rotatable bonds is 2. The van der Waals surface area contributed by atoms with E-state index in [9.17, 15) is 0 Å². The normalized spacial score (nSPS) is 13.4. The van der Waals surface area contributed by atoms with Crippen LogP contribution in [0.3, 0.4) is 0 Å². The molecule has 170 valence electrons. The summed E-state index contributed by atoms with van der Waals surface area (Å²) in [5.74, 6) is 1.90. The van der Waals surface area contributed by atoms with Crippen molar-refractivity contribution in [2.24, 2.45) is 5.41 Å². The van der Waals surface area contributed by atoms with Gasteiger partial charge in [-0.3, -0.25) is 4.98 Å². The van der Waals surface area contributed by atoms with E-state index in [0.29, 0.717) is 0 Å². The molecule has 34 heavy (non-hydrogen) atoms. The van der Waals surface area contributed by atoms with E-state index in [2.05, 4.69) is 101 Å². The van der Waals surface area contributed by atoms with Crippen molar-refractivity contribution < 1.29 is 4.74 Å². The summed E-state index contributed by atoms with van der Waals surface area (Å²) in [5, 5.41) is 8.85. The second-order valence-corrected chi connectivity index (χ2v) is 17.0. The molecule has 4 aromatic carbocycles. The Balaban J connectivity index is 1.70. The Kier molecular flexibility index (Phi) is 4.50. The van der Waals surface area contributed by atoms with Gasteiger partial charge in [-0.25, -0.2) is 0 Å². The smallest absolute Gasteiger partial charge is 0.140 e. The number of hydrogen-bond donors (Lipinski definition) is 0. The van der Waals surface area contributed by atoms with Gasteiger partial charge in [0.2, 0.25) is 0 Å². The van der Waals surface area contributed by atoms with Crippen molar-refractivity contribution in [2.45, 2.75) is 46.8 Å². The zero-order valence-corrected chi connectivity index (χ0v) is 21.9. The Labute approximate surface area is 202 Å². The van der Waals surface area contributed by atoms with Crippen molar-refractivity contribution in [1.82, 2.24) is 4.98 Å². The molecule has 6 rings (SSSR count). The summed E-state index contributed by atoms with van der Waals surface area (Å²) in [4.78, 5) is 4.91. The van der Waals surface area contributed by atoms with Gasteiger partial charge in [0, 0.05) is 17.3 Å². The maximum absolute atomic E-state index is 6.84. The minimum atomic E-state index is -1.42. The molecule has 2 nitrogen and oxygen atoms in total. The monoisotopic (exact) mass is 461 g/mol. The molecule has 2 heterocycles. The van der Waals surface area contributed by atoms with Crippen LogP contribution >= 0.6 is 0 Å². The number of pyridine rings is 1. The Morgan fingerprint density at radius 2 is 1.62 bits per heavy atom. The highest BCUT2D eigenvalue weighted by atomic mass is 28.3. The average molecular weight is 462 g/mol. The fourth-order valence-electron chi connectivity index (χ4n) is 5.34. The molecule has 0 amide bonds. The van der Waals surface area contributed by atoms with Gasteiger partial charge < -0.3 is 4.74 Å². The summed E-state index contributed by atoms with van der Waals surface area (Å²) in [6.45, 7) is 14.1. The molecule has 0 saturated heterocycles. The van der Waals surface area contributed by atoms with E-state index in [4.69, 9.17) is 9.72 Å². The van der Waals surface area contributed by atoms with Crippen LogP contribution in [0.5, 0.6) is 11.5 Å². The second-order valence-electron chi connectivity index (χ2n) is 11.9.